The number of carbonyl (C=O) groups excluding carboxylic acids is 4. The Bertz CT molecular complexity index is 1080. The molecule has 0 radical (unpaired) electrons. The van der Waals surface area contributed by atoms with E-state index in [9.17, 15) is 19.2 Å². The predicted molar refractivity (Wildman–Crippen MR) is 125 cm³/mol. The van der Waals surface area contributed by atoms with E-state index in [1.54, 1.807) is 9.80 Å². The van der Waals surface area contributed by atoms with Gasteiger partial charge in [-0.05, 0) is 38.3 Å². The van der Waals surface area contributed by atoms with Gasteiger partial charge in [0.05, 0.1) is 12.5 Å². The smallest absolute Gasteiger partial charge is 0.410 e. The van der Waals surface area contributed by atoms with Crippen LogP contribution in [0.5, 0.6) is 0 Å². The first-order valence-corrected chi connectivity index (χ1v) is 12.7. The quantitative estimate of drug-likeness (QED) is 0.661. The number of nitrogens with zero attached hydrogens (tertiary/aromatic N) is 4. The zero-order valence-electron chi connectivity index (χ0n) is 19.8. The third-order valence-corrected chi connectivity index (χ3v) is 8.36. The molecule has 4 fully saturated rings. The molecule has 1 spiro atoms. The SMILES string of the molecule is O=C1NCCCN(C(=O)CN2CCOC2=O)CCN2C(=O)[C@@]3(c4ccccc42)[C@@H]1C[C@@H]1CCCN13. The van der Waals surface area contributed by atoms with E-state index >= 15 is 0 Å². The summed E-state index contributed by atoms with van der Waals surface area (Å²) in [6.45, 7) is 3.03. The highest BCUT2D eigenvalue weighted by molar-refractivity contribution is 6.11. The Kier molecular flexibility index (Phi) is 5.43. The van der Waals surface area contributed by atoms with E-state index in [2.05, 4.69) is 10.2 Å². The van der Waals surface area contributed by atoms with E-state index in [1.165, 1.54) is 4.90 Å². The molecule has 2 bridgehead atoms. The molecule has 5 aliphatic heterocycles. The number of carbonyl (C=O) groups is 4. The molecule has 1 aromatic carbocycles. The summed E-state index contributed by atoms with van der Waals surface area (Å²) < 4.78 is 4.96. The largest absolute Gasteiger partial charge is 0.448 e. The molecule has 1 aromatic rings. The lowest BCUT2D eigenvalue weighted by atomic mass is 9.78. The van der Waals surface area contributed by atoms with E-state index in [1.807, 2.05) is 24.3 Å². The normalized spacial score (nSPS) is 30.9. The molecule has 6 rings (SSSR count). The van der Waals surface area contributed by atoms with Crippen molar-refractivity contribution in [1.82, 2.24) is 20.0 Å². The Morgan fingerprint density at radius 2 is 1.91 bits per heavy atom. The zero-order valence-corrected chi connectivity index (χ0v) is 19.8. The molecule has 5 aliphatic rings. The Labute approximate surface area is 204 Å². The van der Waals surface area contributed by atoms with Gasteiger partial charge in [-0.15, -0.1) is 0 Å². The maximum Gasteiger partial charge on any atom is 0.410 e. The molecule has 186 valence electrons. The van der Waals surface area contributed by atoms with E-state index in [0.717, 1.165) is 30.6 Å². The minimum Gasteiger partial charge on any atom is -0.448 e. The Morgan fingerprint density at radius 3 is 2.74 bits per heavy atom. The van der Waals surface area contributed by atoms with Gasteiger partial charge in [0.1, 0.15) is 18.7 Å². The fourth-order valence-electron chi connectivity index (χ4n) is 6.80. The highest BCUT2D eigenvalue weighted by Gasteiger charge is 2.67. The van der Waals surface area contributed by atoms with Crippen LogP contribution in [0.1, 0.15) is 31.2 Å². The van der Waals surface area contributed by atoms with E-state index in [4.69, 9.17) is 4.74 Å². The minimum atomic E-state index is -0.977. The van der Waals surface area contributed by atoms with E-state index in [0.29, 0.717) is 45.6 Å². The monoisotopic (exact) mass is 481 g/mol. The van der Waals surface area contributed by atoms with Gasteiger partial charge in [0, 0.05) is 43.5 Å². The summed E-state index contributed by atoms with van der Waals surface area (Å²) in [5.74, 6) is -0.743. The van der Waals surface area contributed by atoms with Crippen molar-refractivity contribution in [2.75, 3.05) is 57.3 Å². The second-order valence-corrected chi connectivity index (χ2v) is 10.1. The number of benzene rings is 1. The molecule has 3 atom stereocenters. The summed E-state index contributed by atoms with van der Waals surface area (Å²) in [6.07, 6.45) is 2.85. The van der Waals surface area contributed by atoms with Gasteiger partial charge in [-0.3, -0.25) is 24.2 Å². The van der Waals surface area contributed by atoms with Crippen molar-refractivity contribution >= 4 is 29.5 Å². The predicted octanol–water partition coefficient (Wildman–Crippen LogP) is 0.514. The van der Waals surface area contributed by atoms with Crippen LogP contribution in [0.25, 0.3) is 0 Å². The Balaban J connectivity index is 1.34. The first-order valence-electron chi connectivity index (χ1n) is 12.7. The maximum atomic E-state index is 14.3. The second kappa shape index (κ2) is 8.51. The number of ether oxygens (including phenoxy) is 1. The lowest BCUT2D eigenvalue weighted by Gasteiger charge is -2.38. The van der Waals surface area contributed by atoms with E-state index in [-0.39, 0.29) is 36.9 Å². The fraction of sp³-hybridized carbons (Fsp3) is 0.600. The average molecular weight is 482 g/mol. The molecule has 0 saturated carbocycles. The third kappa shape index (κ3) is 3.33. The number of nitrogens with one attached hydrogen (secondary N) is 1. The number of fused-ring (bicyclic) bond motifs is 4. The van der Waals surface area contributed by atoms with Crippen molar-refractivity contribution in [2.45, 2.75) is 37.3 Å². The molecule has 4 amide bonds. The number of cyclic esters (lactones) is 1. The van der Waals surface area contributed by atoms with Crippen LogP contribution in [0.4, 0.5) is 10.5 Å². The highest BCUT2D eigenvalue weighted by Crippen LogP contribution is 2.56. The minimum absolute atomic E-state index is 0.0444. The zero-order chi connectivity index (χ0) is 24.2. The first-order chi connectivity index (χ1) is 17.0. The van der Waals surface area contributed by atoms with Crippen LogP contribution in [-0.2, 0) is 24.7 Å². The number of amides is 4. The molecule has 1 N–H and O–H groups in total. The number of anilines is 1. The van der Waals surface area contributed by atoms with Crippen molar-refractivity contribution in [3.8, 4) is 0 Å². The lowest BCUT2D eigenvalue weighted by molar-refractivity contribution is -0.139. The molecule has 35 heavy (non-hydrogen) atoms. The third-order valence-electron chi connectivity index (χ3n) is 8.36. The van der Waals surface area contributed by atoms with Gasteiger partial charge < -0.3 is 19.9 Å². The molecule has 0 unspecified atom stereocenters. The van der Waals surface area contributed by atoms with Gasteiger partial charge in [-0.25, -0.2) is 4.79 Å². The van der Waals surface area contributed by atoms with Crippen molar-refractivity contribution in [2.24, 2.45) is 5.92 Å². The number of para-hydroxylation sites is 1. The summed E-state index contributed by atoms with van der Waals surface area (Å²) in [5.41, 5.74) is 0.763. The highest BCUT2D eigenvalue weighted by atomic mass is 16.6. The van der Waals surface area contributed by atoms with Crippen molar-refractivity contribution in [3.05, 3.63) is 29.8 Å². The standard InChI is InChI=1S/C25H31N5O5/c31-21(16-28-13-14-35-24(28)34)27-9-4-8-26-22(32)19-15-17-5-3-10-30(17)25(19)18-6-1-2-7-20(18)29(12-11-27)23(25)33/h1-2,6-7,17,19H,3-5,8-16H2,(H,26,32)/t17-,19+,25+/m0/s1. The molecule has 10 heteroatoms. The van der Waals surface area contributed by atoms with Crippen molar-refractivity contribution in [1.29, 1.82) is 0 Å². The molecule has 10 nitrogen and oxygen atoms in total. The second-order valence-electron chi connectivity index (χ2n) is 10.1. The van der Waals surface area contributed by atoms with Gasteiger partial charge >= 0.3 is 6.09 Å². The average Bonchev–Trinajstić information content (AvgIpc) is 3.59. The van der Waals surface area contributed by atoms with Gasteiger partial charge in [0.15, 0.2) is 0 Å². The Morgan fingerprint density at radius 1 is 1.06 bits per heavy atom. The van der Waals surface area contributed by atoms with Crippen molar-refractivity contribution in [3.63, 3.8) is 0 Å². The van der Waals surface area contributed by atoms with Crippen LogP contribution in [0.2, 0.25) is 0 Å². The molecule has 0 aromatic heterocycles. The van der Waals surface area contributed by atoms with Crippen LogP contribution in [0.3, 0.4) is 0 Å². The Hall–Kier alpha value is -3.14. The van der Waals surface area contributed by atoms with Gasteiger partial charge in [0.25, 0.3) is 5.91 Å². The first kappa shape index (κ1) is 22.3. The summed E-state index contributed by atoms with van der Waals surface area (Å²) in [7, 11) is 0. The lowest BCUT2D eigenvalue weighted by Crippen LogP contribution is -2.57. The van der Waals surface area contributed by atoms with Crippen LogP contribution in [0.15, 0.2) is 24.3 Å². The fourth-order valence-corrected chi connectivity index (χ4v) is 6.80. The van der Waals surface area contributed by atoms with Crippen molar-refractivity contribution < 1.29 is 23.9 Å². The van der Waals surface area contributed by atoms with Gasteiger partial charge in [-0.1, -0.05) is 18.2 Å². The van der Waals surface area contributed by atoms with Crippen LogP contribution < -0.4 is 10.2 Å². The number of rotatable bonds is 2. The molecular formula is C25H31N5O5. The molecular weight excluding hydrogens is 450 g/mol. The maximum absolute atomic E-state index is 14.3. The van der Waals surface area contributed by atoms with Crippen LogP contribution in [0, 0.1) is 5.92 Å². The van der Waals surface area contributed by atoms with E-state index < -0.39 is 17.6 Å². The summed E-state index contributed by atoms with van der Waals surface area (Å²) >= 11 is 0. The van der Waals surface area contributed by atoms with Gasteiger partial charge in [-0.2, -0.15) is 0 Å². The summed E-state index contributed by atoms with van der Waals surface area (Å²) in [6, 6.07) is 8.04. The summed E-state index contributed by atoms with van der Waals surface area (Å²) in [5, 5.41) is 3.07. The van der Waals surface area contributed by atoms with Crippen LogP contribution in [-0.4, -0.2) is 97.0 Å². The number of hydrogen-bond acceptors (Lipinski definition) is 6. The van der Waals surface area contributed by atoms with Crippen LogP contribution >= 0.6 is 0 Å². The van der Waals surface area contributed by atoms with Gasteiger partial charge in [0.2, 0.25) is 11.8 Å². The molecule has 0 aliphatic carbocycles. The molecule has 5 heterocycles. The number of hydrogen-bond donors (Lipinski definition) is 1. The molecule has 4 saturated heterocycles. The topological polar surface area (TPSA) is 103 Å². The summed E-state index contributed by atoms with van der Waals surface area (Å²) in [4.78, 5) is 60.0.